The maximum atomic E-state index is 10.6. The predicted octanol–water partition coefficient (Wildman–Crippen LogP) is 0.325. The summed E-state index contributed by atoms with van der Waals surface area (Å²) < 4.78 is 0. The van der Waals surface area contributed by atoms with E-state index in [0.717, 1.165) is 6.42 Å². The van der Waals surface area contributed by atoms with E-state index >= 15 is 0 Å². The molecule has 0 saturated heterocycles. The van der Waals surface area contributed by atoms with Gasteiger partial charge in [0.05, 0.1) is 0 Å². The summed E-state index contributed by atoms with van der Waals surface area (Å²) in [6.07, 6.45) is 0.765. The summed E-state index contributed by atoms with van der Waals surface area (Å²) in [5.41, 5.74) is 0. The fraction of sp³-hybridized carbons (Fsp3) is 0.429. The van der Waals surface area contributed by atoms with Gasteiger partial charge in [0.15, 0.2) is 0 Å². The zero-order valence-corrected chi connectivity index (χ0v) is 8.97. The minimum Gasteiger partial charge on any atom is -0.334 e. The molecule has 0 fully saturated rings. The van der Waals surface area contributed by atoms with Crippen molar-refractivity contribution in [2.75, 3.05) is 0 Å². The normalized spacial score (nSPS) is 7.82. The second-order valence-electron chi connectivity index (χ2n) is 2.10. The summed E-state index contributed by atoms with van der Waals surface area (Å²) >= 11 is 0. The van der Waals surface area contributed by atoms with Crippen LogP contribution in [0.25, 0.3) is 0 Å². The number of rotatable bonds is 4. The molecule has 0 atom stereocenters. The first kappa shape index (κ1) is 13.4. The quantitative estimate of drug-likeness (QED) is 0.518. The summed E-state index contributed by atoms with van der Waals surface area (Å²) in [5, 5.41) is 0. The number of ketones is 3. The fourth-order valence-corrected chi connectivity index (χ4v) is 0.523. The molecule has 0 radical (unpaired) electrons. The van der Waals surface area contributed by atoms with Crippen molar-refractivity contribution in [1.29, 1.82) is 0 Å². The van der Waals surface area contributed by atoms with Gasteiger partial charge in [0, 0.05) is 44.2 Å². The van der Waals surface area contributed by atoms with E-state index in [2.05, 4.69) is 0 Å². The van der Waals surface area contributed by atoms with Crippen LogP contribution in [0.3, 0.4) is 0 Å². The summed E-state index contributed by atoms with van der Waals surface area (Å²) in [4.78, 5) is 31.1. The fourth-order valence-electron chi connectivity index (χ4n) is 0.523. The van der Waals surface area contributed by atoms with Crippen molar-refractivity contribution < 1.29 is 40.6 Å². The zero-order chi connectivity index (χ0) is 8.15. The van der Waals surface area contributed by atoms with Crippen LogP contribution in [-0.4, -0.2) is 17.3 Å². The van der Waals surface area contributed by atoms with Crippen molar-refractivity contribution in [3.63, 3.8) is 0 Å². The molecule has 0 amide bonds. The van der Waals surface area contributed by atoms with Gasteiger partial charge in [-0.1, -0.05) is 0 Å². The number of Topliss-reactive ketones (excluding diaryl/α,β-unsaturated/α-hetero) is 3. The van der Waals surface area contributed by atoms with Crippen molar-refractivity contribution in [3.8, 4) is 0 Å². The SMILES string of the molecule is CC(=O)[CH-]C(=O)CC(C)=O.[Zr]. The van der Waals surface area contributed by atoms with Crippen LogP contribution in [-0.2, 0) is 40.6 Å². The monoisotopic (exact) mass is 231 g/mol. The molecular formula is C7H9O3Zr-. The van der Waals surface area contributed by atoms with Crippen LogP contribution < -0.4 is 0 Å². The van der Waals surface area contributed by atoms with Gasteiger partial charge in [0.1, 0.15) is 5.78 Å². The first-order valence-corrected chi connectivity index (χ1v) is 2.90. The van der Waals surface area contributed by atoms with E-state index in [1.54, 1.807) is 0 Å². The van der Waals surface area contributed by atoms with E-state index in [0.29, 0.717) is 0 Å². The van der Waals surface area contributed by atoms with Crippen LogP contribution in [0.4, 0.5) is 0 Å². The third-order valence-corrected chi connectivity index (χ3v) is 0.787. The number of hydrogen-bond acceptors (Lipinski definition) is 3. The standard InChI is InChI=1S/C7H9O3.Zr/c1-5(8)3-7(10)4-6(2)9;/h3H,4H2,1-2H3;/q-1;. The molecular weight excluding hydrogens is 223 g/mol. The van der Waals surface area contributed by atoms with Gasteiger partial charge < -0.3 is 9.59 Å². The molecule has 0 spiro atoms. The average molecular weight is 232 g/mol. The largest absolute Gasteiger partial charge is 0.334 e. The van der Waals surface area contributed by atoms with Crippen LogP contribution in [0, 0.1) is 6.42 Å². The van der Waals surface area contributed by atoms with Gasteiger partial charge in [-0.15, -0.1) is 0 Å². The van der Waals surface area contributed by atoms with Gasteiger partial charge >= 0.3 is 0 Å². The third kappa shape index (κ3) is 9.76. The summed E-state index contributed by atoms with van der Waals surface area (Å²) in [5.74, 6) is -0.950. The molecule has 4 heteroatoms. The summed E-state index contributed by atoms with van der Waals surface area (Å²) in [7, 11) is 0. The Bertz CT molecular complexity index is 157. The van der Waals surface area contributed by atoms with E-state index in [1.165, 1.54) is 13.8 Å². The van der Waals surface area contributed by atoms with Crippen LogP contribution in [0.5, 0.6) is 0 Å². The maximum absolute atomic E-state index is 10.6. The second-order valence-corrected chi connectivity index (χ2v) is 2.10. The minimum atomic E-state index is -0.417. The molecule has 11 heavy (non-hydrogen) atoms. The summed E-state index contributed by atoms with van der Waals surface area (Å²) in [6.45, 7) is 2.59. The molecule has 0 N–H and O–H groups in total. The second kappa shape index (κ2) is 6.47. The minimum absolute atomic E-state index is 0. The topological polar surface area (TPSA) is 51.2 Å². The third-order valence-electron chi connectivity index (χ3n) is 0.787. The first-order chi connectivity index (χ1) is 4.52. The van der Waals surface area contributed by atoms with Crippen molar-refractivity contribution in [2.24, 2.45) is 0 Å². The van der Waals surface area contributed by atoms with Gasteiger partial charge in [-0.25, -0.2) is 0 Å². The predicted molar refractivity (Wildman–Crippen MR) is 35.3 cm³/mol. The molecule has 0 aromatic heterocycles. The van der Waals surface area contributed by atoms with Gasteiger partial charge in [-0.05, 0) is 13.8 Å². The number of carbonyl (C=O) groups is 3. The Balaban J connectivity index is 0. The molecule has 0 rings (SSSR count). The Labute approximate surface area is 84.7 Å². The van der Waals surface area contributed by atoms with Crippen molar-refractivity contribution in [2.45, 2.75) is 20.3 Å². The van der Waals surface area contributed by atoms with Crippen LogP contribution in [0.2, 0.25) is 0 Å². The molecule has 0 aromatic rings. The Hall–Kier alpha value is -0.237. The molecule has 0 aliphatic heterocycles. The summed E-state index contributed by atoms with van der Waals surface area (Å²) in [6, 6.07) is 0. The zero-order valence-electron chi connectivity index (χ0n) is 6.51. The number of carbonyl (C=O) groups excluding carboxylic acids is 3. The van der Waals surface area contributed by atoms with Gasteiger partial charge in [-0.3, -0.25) is 11.2 Å². The molecule has 3 nitrogen and oxygen atoms in total. The van der Waals surface area contributed by atoms with Crippen molar-refractivity contribution in [1.82, 2.24) is 0 Å². The molecule has 0 heterocycles. The Morgan fingerprint density at radius 2 is 1.64 bits per heavy atom. The molecule has 0 aromatic carbocycles. The molecule has 0 unspecified atom stereocenters. The van der Waals surface area contributed by atoms with Crippen molar-refractivity contribution in [3.05, 3.63) is 6.42 Å². The van der Waals surface area contributed by atoms with Gasteiger partial charge in [-0.2, -0.15) is 0 Å². The van der Waals surface area contributed by atoms with Crippen LogP contribution in [0.1, 0.15) is 20.3 Å². The number of hydrogen-bond donors (Lipinski definition) is 0. The van der Waals surface area contributed by atoms with Crippen LogP contribution >= 0.6 is 0 Å². The van der Waals surface area contributed by atoms with Gasteiger partial charge in [0.2, 0.25) is 0 Å². The molecule has 0 aliphatic rings. The first-order valence-electron chi connectivity index (χ1n) is 2.90. The van der Waals surface area contributed by atoms with E-state index in [4.69, 9.17) is 0 Å². The van der Waals surface area contributed by atoms with E-state index < -0.39 is 5.78 Å². The Morgan fingerprint density at radius 3 is 1.91 bits per heavy atom. The van der Waals surface area contributed by atoms with Crippen molar-refractivity contribution >= 4 is 17.3 Å². The Morgan fingerprint density at radius 1 is 1.18 bits per heavy atom. The average Bonchev–Trinajstić information content (AvgIpc) is 1.58. The van der Waals surface area contributed by atoms with E-state index in [9.17, 15) is 14.4 Å². The molecule has 60 valence electrons. The smallest absolute Gasteiger partial charge is 0.134 e. The Kier molecular flexibility index (Phi) is 7.86. The van der Waals surface area contributed by atoms with E-state index in [-0.39, 0.29) is 44.2 Å². The molecule has 0 aliphatic carbocycles. The molecule has 0 saturated carbocycles. The van der Waals surface area contributed by atoms with E-state index in [1.807, 2.05) is 0 Å². The van der Waals surface area contributed by atoms with Crippen LogP contribution in [0.15, 0.2) is 0 Å². The molecule has 0 bridgehead atoms. The van der Waals surface area contributed by atoms with Gasteiger partial charge in [0.25, 0.3) is 0 Å². The maximum Gasteiger partial charge on any atom is 0.134 e.